The van der Waals surface area contributed by atoms with Crippen LogP contribution in [0.2, 0.25) is 0 Å². The van der Waals surface area contributed by atoms with Gasteiger partial charge in [0.15, 0.2) is 0 Å². The van der Waals surface area contributed by atoms with Crippen LogP contribution in [0.5, 0.6) is 0 Å². The van der Waals surface area contributed by atoms with Gasteiger partial charge in [0.05, 0.1) is 10.5 Å². The van der Waals surface area contributed by atoms with E-state index in [4.69, 9.17) is 5.73 Å². The first-order chi connectivity index (χ1) is 10.8. The molecule has 0 bridgehead atoms. The Kier molecular flexibility index (Phi) is 5.72. The first kappa shape index (κ1) is 17.8. The molecule has 0 aromatic heterocycles. The standard InChI is InChI=1S/C15H22FN3O3S/c1-11(17)6-7-18-23(21,22)12-4-5-13(14(16)10-12)15(20)19-8-2-3-9-19/h4-5,10-11,18H,2-3,6-9,17H2,1H3. The SMILES string of the molecule is CC(N)CCNS(=O)(=O)c1ccc(C(=O)N2CCCC2)c(F)c1. The van der Waals surface area contributed by atoms with Crippen LogP contribution >= 0.6 is 0 Å². The molecule has 1 aliphatic heterocycles. The van der Waals surface area contributed by atoms with E-state index in [0.717, 1.165) is 18.9 Å². The van der Waals surface area contributed by atoms with E-state index in [1.165, 1.54) is 12.1 Å². The quantitative estimate of drug-likeness (QED) is 0.808. The van der Waals surface area contributed by atoms with Gasteiger partial charge in [-0.2, -0.15) is 0 Å². The number of nitrogens with zero attached hydrogens (tertiary/aromatic N) is 1. The number of likely N-dealkylation sites (tertiary alicyclic amines) is 1. The van der Waals surface area contributed by atoms with E-state index in [1.807, 2.05) is 0 Å². The van der Waals surface area contributed by atoms with Crippen LogP contribution in [0.15, 0.2) is 23.1 Å². The summed E-state index contributed by atoms with van der Waals surface area (Å²) in [5, 5.41) is 0. The lowest BCUT2D eigenvalue weighted by atomic mass is 10.2. The second-order valence-electron chi connectivity index (χ2n) is 5.80. The third-order valence-electron chi connectivity index (χ3n) is 3.77. The van der Waals surface area contributed by atoms with Crippen molar-refractivity contribution < 1.29 is 17.6 Å². The Morgan fingerprint density at radius 1 is 1.39 bits per heavy atom. The van der Waals surface area contributed by atoms with E-state index in [1.54, 1.807) is 11.8 Å². The first-order valence-electron chi connectivity index (χ1n) is 7.65. The van der Waals surface area contributed by atoms with Crippen molar-refractivity contribution in [2.24, 2.45) is 5.73 Å². The number of rotatable bonds is 6. The Balaban J connectivity index is 2.13. The van der Waals surface area contributed by atoms with E-state index < -0.39 is 21.7 Å². The van der Waals surface area contributed by atoms with Crippen LogP contribution in [0.1, 0.15) is 36.5 Å². The molecule has 1 heterocycles. The maximum atomic E-state index is 14.2. The number of halogens is 1. The molecule has 8 heteroatoms. The molecular weight excluding hydrogens is 321 g/mol. The molecule has 1 fully saturated rings. The lowest BCUT2D eigenvalue weighted by Gasteiger charge is -2.16. The third-order valence-corrected chi connectivity index (χ3v) is 5.22. The van der Waals surface area contributed by atoms with Crippen molar-refractivity contribution in [2.45, 2.75) is 37.1 Å². The van der Waals surface area contributed by atoms with Crippen molar-refractivity contribution in [2.75, 3.05) is 19.6 Å². The summed E-state index contributed by atoms with van der Waals surface area (Å²) in [4.78, 5) is 13.6. The maximum absolute atomic E-state index is 14.2. The molecule has 128 valence electrons. The predicted molar refractivity (Wildman–Crippen MR) is 85.0 cm³/mol. The van der Waals surface area contributed by atoms with E-state index in [-0.39, 0.29) is 23.0 Å². The highest BCUT2D eigenvalue weighted by Gasteiger charge is 2.24. The maximum Gasteiger partial charge on any atom is 0.256 e. The van der Waals surface area contributed by atoms with Gasteiger partial charge in [-0.3, -0.25) is 4.79 Å². The van der Waals surface area contributed by atoms with Crippen molar-refractivity contribution >= 4 is 15.9 Å². The average Bonchev–Trinajstić information content (AvgIpc) is 3.00. The summed E-state index contributed by atoms with van der Waals surface area (Å²) in [6.07, 6.45) is 2.29. The van der Waals surface area contributed by atoms with Crippen molar-refractivity contribution in [1.82, 2.24) is 9.62 Å². The van der Waals surface area contributed by atoms with Gasteiger partial charge in [0.2, 0.25) is 10.0 Å². The van der Waals surface area contributed by atoms with Gasteiger partial charge in [0, 0.05) is 25.7 Å². The Morgan fingerprint density at radius 2 is 2.04 bits per heavy atom. The topological polar surface area (TPSA) is 92.5 Å². The Bertz CT molecular complexity index is 671. The number of nitrogens with one attached hydrogen (secondary N) is 1. The Morgan fingerprint density at radius 3 is 2.61 bits per heavy atom. The minimum Gasteiger partial charge on any atom is -0.339 e. The number of carbonyl (C=O) groups is 1. The van der Waals surface area contributed by atoms with E-state index >= 15 is 0 Å². The van der Waals surface area contributed by atoms with E-state index in [2.05, 4.69) is 4.72 Å². The normalized spacial score (nSPS) is 16.6. The van der Waals surface area contributed by atoms with Crippen LogP contribution < -0.4 is 10.5 Å². The van der Waals surface area contributed by atoms with Crippen LogP contribution in [-0.2, 0) is 10.0 Å². The molecule has 1 amide bonds. The molecule has 1 aliphatic rings. The summed E-state index contributed by atoms with van der Waals surface area (Å²) in [5.74, 6) is -1.22. The van der Waals surface area contributed by atoms with Crippen LogP contribution in [0.4, 0.5) is 4.39 Å². The molecule has 3 N–H and O–H groups in total. The molecule has 1 atom stereocenters. The molecule has 0 spiro atoms. The predicted octanol–water partition coefficient (Wildman–Crippen LogP) is 1.08. The minimum absolute atomic E-state index is 0.0959. The van der Waals surface area contributed by atoms with Gasteiger partial charge in [0.25, 0.3) is 5.91 Å². The zero-order chi connectivity index (χ0) is 17.0. The molecule has 6 nitrogen and oxygen atoms in total. The van der Waals surface area contributed by atoms with Gasteiger partial charge in [0.1, 0.15) is 5.82 Å². The lowest BCUT2D eigenvalue weighted by Crippen LogP contribution is -2.30. The van der Waals surface area contributed by atoms with Crippen molar-refractivity contribution in [1.29, 1.82) is 0 Å². The fourth-order valence-electron chi connectivity index (χ4n) is 2.43. The van der Waals surface area contributed by atoms with Crippen molar-refractivity contribution in [3.8, 4) is 0 Å². The Hall–Kier alpha value is -1.51. The average molecular weight is 343 g/mol. The van der Waals surface area contributed by atoms with Crippen LogP contribution in [0.25, 0.3) is 0 Å². The minimum atomic E-state index is -3.81. The number of benzene rings is 1. The third kappa shape index (κ3) is 4.49. The molecule has 2 rings (SSSR count). The highest BCUT2D eigenvalue weighted by Crippen LogP contribution is 2.19. The molecule has 0 radical (unpaired) electrons. The summed E-state index contributed by atoms with van der Waals surface area (Å²) >= 11 is 0. The summed E-state index contributed by atoms with van der Waals surface area (Å²) in [7, 11) is -3.81. The molecule has 1 saturated heterocycles. The summed E-state index contributed by atoms with van der Waals surface area (Å²) in [6.45, 7) is 3.16. The van der Waals surface area contributed by atoms with Gasteiger partial charge < -0.3 is 10.6 Å². The monoisotopic (exact) mass is 343 g/mol. The number of amides is 1. The fourth-order valence-corrected chi connectivity index (χ4v) is 3.49. The van der Waals surface area contributed by atoms with Crippen LogP contribution in [0, 0.1) is 5.82 Å². The largest absolute Gasteiger partial charge is 0.339 e. The van der Waals surface area contributed by atoms with Gasteiger partial charge in [-0.25, -0.2) is 17.5 Å². The molecular formula is C15H22FN3O3S. The van der Waals surface area contributed by atoms with Gasteiger partial charge in [-0.15, -0.1) is 0 Å². The second-order valence-corrected chi connectivity index (χ2v) is 7.57. The summed E-state index contributed by atoms with van der Waals surface area (Å²) in [5.41, 5.74) is 5.46. The number of carbonyl (C=O) groups excluding carboxylic acids is 1. The molecule has 0 saturated carbocycles. The fraction of sp³-hybridized carbons (Fsp3) is 0.533. The molecule has 0 aliphatic carbocycles. The smallest absolute Gasteiger partial charge is 0.256 e. The lowest BCUT2D eigenvalue weighted by molar-refractivity contribution is 0.0788. The summed E-state index contributed by atoms with van der Waals surface area (Å²) in [6, 6.07) is 3.24. The molecule has 1 aromatic carbocycles. The molecule has 1 unspecified atom stereocenters. The van der Waals surface area contributed by atoms with Crippen LogP contribution in [-0.4, -0.2) is 44.9 Å². The zero-order valence-electron chi connectivity index (χ0n) is 13.1. The zero-order valence-corrected chi connectivity index (χ0v) is 13.9. The van der Waals surface area contributed by atoms with Gasteiger partial charge >= 0.3 is 0 Å². The number of sulfonamides is 1. The summed E-state index contributed by atoms with van der Waals surface area (Å²) < 4.78 is 40.7. The van der Waals surface area contributed by atoms with Crippen LogP contribution in [0.3, 0.4) is 0 Å². The molecule has 23 heavy (non-hydrogen) atoms. The van der Waals surface area contributed by atoms with Gasteiger partial charge in [-0.1, -0.05) is 0 Å². The number of nitrogens with two attached hydrogens (primary N) is 1. The number of hydrogen-bond acceptors (Lipinski definition) is 4. The van der Waals surface area contributed by atoms with E-state index in [9.17, 15) is 17.6 Å². The second kappa shape index (κ2) is 7.37. The van der Waals surface area contributed by atoms with Gasteiger partial charge in [-0.05, 0) is 44.4 Å². The van der Waals surface area contributed by atoms with Crippen molar-refractivity contribution in [3.05, 3.63) is 29.6 Å². The number of hydrogen-bond donors (Lipinski definition) is 2. The highest BCUT2D eigenvalue weighted by atomic mass is 32.2. The van der Waals surface area contributed by atoms with E-state index in [0.29, 0.717) is 19.5 Å². The van der Waals surface area contributed by atoms with Crippen molar-refractivity contribution in [3.63, 3.8) is 0 Å². The Labute approximate surface area is 135 Å². The first-order valence-corrected chi connectivity index (χ1v) is 9.13. The molecule has 1 aromatic rings. The highest BCUT2D eigenvalue weighted by molar-refractivity contribution is 7.89.